The highest BCUT2D eigenvalue weighted by atomic mass is 32.1. The number of nitrogens with zero attached hydrogens (tertiary/aromatic N) is 2. The van der Waals surface area contributed by atoms with E-state index in [4.69, 9.17) is 9.47 Å². The maximum atomic E-state index is 12.4. The zero-order chi connectivity index (χ0) is 19.1. The van der Waals surface area contributed by atoms with Gasteiger partial charge < -0.3 is 9.47 Å². The fourth-order valence-electron chi connectivity index (χ4n) is 2.48. The van der Waals surface area contributed by atoms with Crippen LogP contribution in [0, 0.1) is 0 Å². The second-order valence-electron chi connectivity index (χ2n) is 5.75. The van der Waals surface area contributed by atoms with E-state index in [1.54, 1.807) is 18.2 Å². The van der Waals surface area contributed by atoms with Crippen LogP contribution in [0.25, 0.3) is 0 Å². The minimum atomic E-state index is -0.276. The molecule has 7 heteroatoms. The molecular weight excluding hydrogens is 362 g/mol. The Morgan fingerprint density at radius 3 is 2.63 bits per heavy atom. The topological polar surface area (TPSA) is 73.3 Å². The van der Waals surface area contributed by atoms with Gasteiger partial charge in [-0.05, 0) is 36.2 Å². The summed E-state index contributed by atoms with van der Waals surface area (Å²) in [6.45, 7) is 2.62. The van der Waals surface area contributed by atoms with Crippen LogP contribution in [-0.2, 0) is 12.8 Å². The smallest absolute Gasteiger partial charge is 0.261 e. The quantitative estimate of drug-likeness (QED) is 0.637. The monoisotopic (exact) mass is 383 g/mol. The van der Waals surface area contributed by atoms with E-state index in [-0.39, 0.29) is 5.91 Å². The Hall–Kier alpha value is -2.93. The summed E-state index contributed by atoms with van der Waals surface area (Å²) in [6.07, 6.45) is 1.63. The molecule has 3 aromatic rings. The third kappa shape index (κ3) is 5.04. The maximum Gasteiger partial charge on any atom is 0.261 e. The van der Waals surface area contributed by atoms with E-state index in [9.17, 15) is 4.79 Å². The van der Waals surface area contributed by atoms with Crippen LogP contribution in [0.3, 0.4) is 0 Å². The molecule has 6 nitrogen and oxygen atoms in total. The van der Waals surface area contributed by atoms with Gasteiger partial charge in [0.2, 0.25) is 5.13 Å². The average Bonchev–Trinajstić information content (AvgIpc) is 3.15. The Morgan fingerprint density at radius 1 is 1.11 bits per heavy atom. The molecule has 0 saturated carbocycles. The van der Waals surface area contributed by atoms with E-state index in [2.05, 4.69) is 34.6 Å². The van der Waals surface area contributed by atoms with Crippen LogP contribution in [0.5, 0.6) is 11.5 Å². The van der Waals surface area contributed by atoms with Crippen molar-refractivity contribution in [2.45, 2.75) is 19.8 Å². The number of amides is 1. The summed E-state index contributed by atoms with van der Waals surface area (Å²) >= 11 is 1.34. The van der Waals surface area contributed by atoms with E-state index >= 15 is 0 Å². The molecule has 0 atom stereocenters. The predicted octanol–water partition coefficient (Wildman–Crippen LogP) is 3.98. The summed E-state index contributed by atoms with van der Waals surface area (Å²) in [5.74, 6) is 1.08. The lowest BCUT2D eigenvalue weighted by Gasteiger charge is -2.06. The Balaban J connectivity index is 1.52. The number of ether oxygens (including phenoxy) is 2. The Bertz CT molecular complexity index is 893. The number of nitrogens with one attached hydrogen (secondary N) is 1. The van der Waals surface area contributed by atoms with Crippen LogP contribution < -0.4 is 14.8 Å². The van der Waals surface area contributed by atoms with Gasteiger partial charge in [0.1, 0.15) is 16.5 Å². The van der Waals surface area contributed by atoms with Crippen LogP contribution in [-0.4, -0.2) is 29.8 Å². The fourth-order valence-corrected chi connectivity index (χ4v) is 3.20. The summed E-state index contributed by atoms with van der Waals surface area (Å²) < 4.78 is 10.9. The number of aromatic nitrogens is 2. The fraction of sp³-hybridized carbons (Fsp3) is 0.250. The van der Waals surface area contributed by atoms with E-state index in [0.29, 0.717) is 29.5 Å². The number of carbonyl (C=O) groups excluding carboxylic acids is 1. The first kappa shape index (κ1) is 18.8. The van der Waals surface area contributed by atoms with Crippen molar-refractivity contribution in [2.75, 3.05) is 19.0 Å². The van der Waals surface area contributed by atoms with Crippen LogP contribution in [0.2, 0.25) is 0 Å². The summed E-state index contributed by atoms with van der Waals surface area (Å²) in [5.41, 5.74) is 1.73. The van der Waals surface area contributed by atoms with Crippen molar-refractivity contribution in [2.24, 2.45) is 0 Å². The van der Waals surface area contributed by atoms with Crippen molar-refractivity contribution in [3.63, 3.8) is 0 Å². The van der Waals surface area contributed by atoms with E-state index in [0.717, 1.165) is 17.2 Å². The molecule has 0 aliphatic carbocycles. The third-order valence-corrected chi connectivity index (χ3v) is 4.85. The van der Waals surface area contributed by atoms with Gasteiger partial charge in [0.05, 0.1) is 19.3 Å². The molecule has 140 valence electrons. The number of methoxy groups -OCH3 is 1. The van der Waals surface area contributed by atoms with Crippen LogP contribution in [0.4, 0.5) is 5.13 Å². The Labute approximate surface area is 162 Å². The molecule has 1 heterocycles. The number of benzene rings is 2. The number of hydrogen-bond acceptors (Lipinski definition) is 6. The molecule has 0 aliphatic heterocycles. The van der Waals surface area contributed by atoms with E-state index < -0.39 is 0 Å². The molecule has 0 fully saturated rings. The average molecular weight is 383 g/mol. The zero-order valence-electron chi connectivity index (χ0n) is 15.3. The van der Waals surface area contributed by atoms with Crippen molar-refractivity contribution in [3.05, 3.63) is 64.7 Å². The highest BCUT2D eigenvalue weighted by Gasteiger charge is 2.14. The lowest BCUT2D eigenvalue weighted by atomic mass is 10.2. The van der Waals surface area contributed by atoms with Gasteiger partial charge in [0, 0.05) is 6.42 Å². The molecule has 0 spiro atoms. The summed E-state index contributed by atoms with van der Waals surface area (Å²) in [4.78, 5) is 12.4. The number of carbonyl (C=O) groups is 1. The number of hydrogen-bond donors (Lipinski definition) is 1. The summed E-state index contributed by atoms with van der Waals surface area (Å²) in [6, 6.07) is 15.1. The van der Waals surface area contributed by atoms with Gasteiger partial charge in [-0.3, -0.25) is 10.1 Å². The first-order valence-corrected chi connectivity index (χ1v) is 9.49. The lowest BCUT2D eigenvalue weighted by Crippen LogP contribution is -2.12. The Kier molecular flexibility index (Phi) is 6.38. The van der Waals surface area contributed by atoms with Gasteiger partial charge in [-0.2, -0.15) is 0 Å². The molecule has 27 heavy (non-hydrogen) atoms. The van der Waals surface area contributed by atoms with Crippen molar-refractivity contribution >= 4 is 22.4 Å². The number of para-hydroxylation sites is 1. The molecule has 0 saturated heterocycles. The number of rotatable bonds is 8. The van der Waals surface area contributed by atoms with Gasteiger partial charge in [-0.1, -0.05) is 42.5 Å². The van der Waals surface area contributed by atoms with E-state index in [1.165, 1.54) is 24.0 Å². The standard InChI is InChI=1S/C20H21N3O3S/c1-3-14-8-10-15(11-9-14)26-13-12-18-22-23-20(27-18)21-19(24)16-6-4-5-7-17(16)25-2/h4-11H,3,12-13H2,1-2H3,(H,21,23,24). The van der Waals surface area contributed by atoms with E-state index in [1.807, 2.05) is 18.2 Å². The Morgan fingerprint density at radius 2 is 1.89 bits per heavy atom. The van der Waals surface area contributed by atoms with Gasteiger partial charge in [-0.15, -0.1) is 10.2 Å². The van der Waals surface area contributed by atoms with Gasteiger partial charge in [0.15, 0.2) is 0 Å². The first-order valence-electron chi connectivity index (χ1n) is 8.68. The summed E-state index contributed by atoms with van der Waals surface area (Å²) in [5, 5.41) is 12.1. The molecule has 0 aliphatic rings. The van der Waals surface area contributed by atoms with Crippen LogP contribution in [0.15, 0.2) is 48.5 Å². The predicted molar refractivity (Wildman–Crippen MR) is 106 cm³/mol. The molecule has 0 radical (unpaired) electrons. The zero-order valence-corrected chi connectivity index (χ0v) is 16.1. The summed E-state index contributed by atoms with van der Waals surface area (Å²) in [7, 11) is 1.53. The third-order valence-electron chi connectivity index (χ3n) is 3.96. The van der Waals surface area contributed by atoms with Crippen LogP contribution in [0.1, 0.15) is 27.9 Å². The number of aryl methyl sites for hydroxylation is 1. The molecule has 0 bridgehead atoms. The van der Waals surface area contributed by atoms with Gasteiger partial charge in [-0.25, -0.2) is 0 Å². The minimum Gasteiger partial charge on any atom is -0.496 e. The van der Waals surface area contributed by atoms with Crippen molar-refractivity contribution in [1.82, 2.24) is 10.2 Å². The minimum absolute atomic E-state index is 0.276. The molecule has 1 N–H and O–H groups in total. The highest BCUT2D eigenvalue weighted by Crippen LogP contribution is 2.21. The van der Waals surface area contributed by atoms with Crippen LogP contribution >= 0.6 is 11.3 Å². The van der Waals surface area contributed by atoms with Gasteiger partial charge in [0.25, 0.3) is 5.91 Å². The van der Waals surface area contributed by atoms with Crippen molar-refractivity contribution < 1.29 is 14.3 Å². The molecule has 1 aromatic heterocycles. The molecule has 3 rings (SSSR count). The normalized spacial score (nSPS) is 10.4. The SMILES string of the molecule is CCc1ccc(OCCc2nnc(NC(=O)c3ccccc3OC)s2)cc1. The number of anilines is 1. The van der Waals surface area contributed by atoms with Crippen molar-refractivity contribution in [3.8, 4) is 11.5 Å². The first-order chi connectivity index (χ1) is 13.2. The second kappa shape index (κ2) is 9.14. The van der Waals surface area contributed by atoms with Crippen molar-refractivity contribution in [1.29, 1.82) is 0 Å². The largest absolute Gasteiger partial charge is 0.496 e. The molecule has 1 amide bonds. The molecule has 2 aromatic carbocycles. The van der Waals surface area contributed by atoms with Gasteiger partial charge >= 0.3 is 0 Å². The highest BCUT2D eigenvalue weighted by molar-refractivity contribution is 7.15. The maximum absolute atomic E-state index is 12.4. The molecule has 0 unspecified atom stereocenters. The lowest BCUT2D eigenvalue weighted by molar-refractivity contribution is 0.102. The molecular formula is C20H21N3O3S. The second-order valence-corrected chi connectivity index (χ2v) is 6.81.